The number of nitrogens with two attached hydrogens (primary N) is 1. The summed E-state index contributed by atoms with van der Waals surface area (Å²) < 4.78 is 0. The van der Waals surface area contributed by atoms with Gasteiger partial charge in [-0.1, -0.05) is 0 Å². The first-order valence-electron chi connectivity index (χ1n) is 6.30. The highest BCUT2D eigenvalue weighted by atomic mass is 35.5. The van der Waals surface area contributed by atoms with Crippen molar-refractivity contribution in [3.63, 3.8) is 0 Å². The summed E-state index contributed by atoms with van der Waals surface area (Å²) in [5.41, 5.74) is 5.63. The molecular weight excluding hydrogens is 268 g/mol. The van der Waals surface area contributed by atoms with Gasteiger partial charge in [-0.3, -0.25) is 4.79 Å². The fourth-order valence-electron chi connectivity index (χ4n) is 2.45. The molecule has 1 amide bonds. The van der Waals surface area contributed by atoms with Gasteiger partial charge in [-0.2, -0.15) is 0 Å². The summed E-state index contributed by atoms with van der Waals surface area (Å²) in [4.78, 5) is 16.5. The molecule has 2 heterocycles. The molecule has 0 bridgehead atoms. The van der Waals surface area contributed by atoms with E-state index in [1.807, 2.05) is 24.0 Å². The number of carbonyl (C=O) groups excluding carboxylic acids is 1. The smallest absolute Gasteiger partial charge is 0.264 e. The number of carbonyl (C=O) groups is 1. The van der Waals surface area contributed by atoms with Crippen molar-refractivity contribution in [2.24, 2.45) is 5.73 Å². The van der Waals surface area contributed by atoms with E-state index >= 15 is 0 Å². The quantitative estimate of drug-likeness (QED) is 0.930. The maximum absolute atomic E-state index is 12.4. The average Bonchev–Trinajstić information content (AvgIpc) is 2.76. The Kier molecular flexibility index (Phi) is 6.12. The van der Waals surface area contributed by atoms with Crippen LogP contribution in [0.15, 0.2) is 12.1 Å². The largest absolute Gasteiger partial charge is 0.335 e. The first-order chi connectivity index (χ1) is 8.22. The first kappa shape index (κ1) is 15.5. The van der Waals surface area contributed by atoms with E-state index in [-0.39, 0.29) is 18.3 Å². The number of thiophene rings is 1. The molecule has 0 aromatic carbocycles. The molecule has 3 nitrogen and oxygen atoms in total. The highest BCUT2D eigenvalue weighted by Gasteiger charge is 2.27. The van der Waals surface area contributed by atoms with Crippen molar-refractivity contribution in [3.8, 4) is 0 Å². The Balaban J connectivity index is 0.00000162. The lowest BCUT2D eigenvalue weighted by molar-refractivity contribution is 0.0610. The molecule has 1 fully saturated rings. The Morgan fingerprint density at radius 1 is 1.50 bits per heavy atom. The van der Waals surface area contributed by atoms with Crippen LogP contribution in [-0.2, 0) is 0 Å². The molecule has 2 N–H and O–H groups in total. The van der Waals surface area contributed by atoms with Gasteiger partial charge in [0, 0.05) is 17.5 Å². The van der Waals surface area contributed by atoms with Crippen molar-refractivity contribution in [2.75, 3.05) is 13.1 Å². The van der Waals surface area contributed by atoms with Crippen LogP contribution in [0.25, 0.3) is 0 Å². The van der Waals surface area contributed by atoms with Crippen LogP contribution in [-0.4, -0.2) is 29.9 Å². The molecule has 1 aromatic rings. The van der Waals surface area contributed by atoms with Crippen molar-refractivity contribution < 1.29 is 4.79 Å². The lowest BCUT2D eigenvalue weighted by Crippen LogP contribution is -2.44. The van der Waals surface area contributed by atoms with E-state index in [9.17, 15) is 4.79 Å². The van der Waals surface area contributed by atoms with E-state index in [2.05, 4.69) is 0 Å². The van der Waals surface area contributed by atoms with E-state index < -0.39 is 0 Å². The number of rotatable bonds is 3. The average molecular weight is 289 g/mol. The van der Waals surface area contributed by atoms with Gasteiger partial charge in [0.15, 0.2) is 0 Å². The standard InChI is InChI=1S/C13H20N2OS.ClH/c1-10-5-6-12(17-10)13(16)15-9-3-2-4-11(15)7-8-14;/h5-6,11H,2-4,7-9,14H2,1H3;1H. The molecule has 1 unspecified atom stereocenters. The van der Waals surface area contributed by atoms with E-state index in [0.717, 1.165) is 30.7 Å². The summed E-state index contributed by atoms with van der Waals surface area (Å²) in [6, 6.07) is 4.31. The minimum Gasteiger partial charge on any atom is -0.335 e. The number of nitrogens with zero attached hydrogens (tertiary/aromatic N) is 1. The second-order valence-corrected chi connectivity index (χ2v) is 5.92. The highest BCUT2D eigenvalue weighted by Crippen LogP contribution is 2.24. The predicted octanol–water partition coefficient (Wildman–Crippen LogP) is 2.82. The van der Waals surface area contributed by atoms with Gasteiger partial charge in [0.2, 0.25) is 0 Å². The molecule has 0 spiro atoms. The molecule has 1 saturated heterocycles. The second-order valence-electron chi connectivity index (χ2n) is 4.64. The maximum atomic E-state index is 12.4. The zero-order chi connectivity index (χ0) is 12.3. The summed E-state index contributed by atoms with van der Waals surface area (Å²) in [5.74, 6) is 0.196. The van der Waals surface area contributed by atoms with Gasteiger partial charge in [0.25, 0.3) is 5.91 Å². The number of halogens is 1. The lowest BCUT2D eigenvalue weighted by atomic mass is 9.99. The van der Waals surface area contributed by atoms with E-state index in [0.29, 0.717) is 12.6 Å². The lowest BCUT2D eigenvalue weighted by Gasteiger charge is -2.35. The van der Waals surface area contributed by atoms with Gasteiger partial charge in [0.05, 0.1) is 4.88 Å². The number of piperidine rings is 1. The Labute approximate surface area is 119 Å². The van der Waals surface area contributed by atoms with Gasteiger partial charge in [-0.05, 0) is 51.3 Å². The Bertz CT molecular complexity index is 392. The molecule has 18 heavy (non-hydrogen) atoms. The van der Waals surface area contributed by atoms with Crippen molar-refractivity contribution in [3.05, 3.63) is 21.9 Å². The number of hydrogen-bond acceptors (Lipinski definition) is 3. The fourth-order valence-corrected chi connectivity index (χ4v) is 3.28. The van der Waals surface area contributed by atoms with Crippen LogP contribution in [0.3, 0.4) is 0 Å². The molecule has 0 radical (unpaired) electrons. The van der Waals surface area contributed by atoms with Gasteiger partial charge in [0.1, 0.15) is 0 Å². The summed E-state index contributed by atoms with van der Waals surface area (Å²) in [6.07, 6.45) is 4.37. The highest BCUT2D eigenvalue weighted by molar-refractivity contribution is 7.13. The molecule has 102 valence electrons. The zero-order valence-electron chi connectivity index (χ0n) is 10.7. The maximum Gasteiger partial charge on any atom is 0.264 e. The first-order valence-corrected chi connectivity index (χ1v) is 7.11. The minimum atomic E-state index is 0. The number of aryl methyl sites for hydroxylation is 1. The molecule has 1 aliphatic heterocycles. The van der Waals surface area contributed by atoms with Crippen LogP contribution in [0.4, 0.5) is 0 Å². The fraction of sp³-hybridized carbons (Fsp3) is 0.615. The molecule has 5 heteroatoms. The van der Waals surface area contributed by atoms with Crippen LogP contribution in [0, 0.1) is 6.92 Å². The minimum absolute atomic E-state index is 0. The van der Waals surface area contributed by atoms with E-state index in [1.54, 1.807) is 11.3 Å². The van der Waals surface area contributed by atoms with Crippen LogP contribution < -0.4 is 5.73 Å². The van der Waals surface area contributed by atoms with Gasteiger partial charge >= 0.3 is 0 Å². The summed E-state index contributed by atoms with van der Waals surface area (Å²) in [7, 11) is 0. The molecule has 0 saturated carbocycles. The molecule has 1 atom stereocenters. The van der Waals surface area contributed by atoms with E-state index in [4.69, 9.17) is 5.73 Å². The molecule has 2 rings (SSSR count). The number of hydrogen-bond donors (Lipinski definition) is 1. The second kappa shape index (κ2) is 7.12. The van der Waals surface area contributed by atoms with Crippen LogP contribution >= 0.6 is 23.7 Å². The van der Waals surface area contributed by atoms with Gasteiger partial charge in [-0.25, -0.2) is 0 Å². The van der Waals surface area contributed by atoms with Gasteiger partial charge < -0.3 is 10.6 Å². The summed E-state index contributed by atoms with van der Waals surface area (Å²) in [6.45, 7) is 3.59. The summed E-state index contributed by atoms with van der Waals surface area (Å²) in [5, 5.41) is 0. The Morgan fingerprint density at radius 3 is 2.89 bits per heavy atom. The third-order valence-electron chi connectivity index (χ3n) is 3.34. The third-order valence-corrected chi connectivity index (χ3v) is 4.33. The zero-order valence-corrected chi connectivity index (χ0v) is 12.4. The SMILES string of the molecule is Cc1ccc(C(=O)N2CCCCC2CCN)s1.Cl. The van der Waals surface area contributed by atoms with Crippen LogP contribution in [0.2, 0.25) is 0 Å². The molecule has 1 aliphatic rings. The van der Waals surface area contributed by atoms with Crippen molar-refractivity contribution in [2.45, 2.75) is 38.6 Å². The topological polar surface area (TPSA) is 46.3 Å². The predicted molar refractivity (Wildman–Crippen MR) is 78.7 cm³/mol. The third kappa shape index (κ3) is 3.46. The number of amides is 1. The monoisotopic (exact) mass is 288 g/mol. The van der Waals surface area contributed by atoms with E-state index in [1.165, 1.54) is 11.3 Å². The van der Waals surface area contributed by atoms with Crippen LogP contribution in [0.5, 0.6) is 0 Å². The van der Waals surface area contributed by atoms with Crippen molar-refractivity contribution in [1.82, 2.24) is 4.90 Å². The summed E-state index contributed by atoms with van der Waals surface area (Å²) >= 11 is 1.59. The molecular formula is C13H21ClN2OS. The van der Waals surface area contributed by atoms with Crippen molar-refractivity contribution in [1.29, 1.82) is 0 Å². The Morgan fingerprint density at radius 2 is 2.28 bits per heavy atom. The molecule has 0 aliphatic carbocycles. The van der Waals surface area contributed by atoms with Crippen LogP contribution in [0.1, 0.15) is 40.2 Å². The molecule has 1 aromatic heterocycles. The Hall–Kier alpha value is -0.580. The normalized spacial score (nSPS) is 19.4. The number of likely N-dealkylation sites (tertiary alicyclic amines) is 1. The van der Waals surface area contributed by atoms with Gasteiger partial charge in [-0.15, -0.1) is 23.7 Å². The van der Waals surface area contributed by atoms with Crippen molar-refractivity contribution >= 4 is 29.7 Å².